The third-order valence-corrected chi connectivity index (χ3v) is 4.49. The lowest BCUT2D eigenvalue weighted by Crippen LogP contribution is -2.21. The smallest absolute Gasteiger partial charge is 0.315 e. The van der Waals surface area contributed by atoms with E-state index < -0.39 is 39.2 Å². The van der Waals surface area contributed by atoms with Gasteiger partial charge in [0.25, 0.3) is 0 Å². The number of anilines is 2. The molecule has 1 aliphatic carbocycles. The molecule has 0 atom stereocenters. The van der Waals surface area contributed by atoms with Crippen LogP contribution in [0.3, 0.4) is 0 Å². The van der Waals surface area contributed by atoms with Crippen molar-refractivity contribution in [3.63, 3.8) is 0 Å². The fraction of sp³-hybridized carbons (Fsp3) is 0. The maximum atomic E-state index is 12.9. The number of nitrogens with one attached hydrogen (secondary N) is 1. The van der Waals surface area contributed by atoms with Crippen LogP contribution in [-0.2, 0) is 0 Å². The van der Waals surface area contributed by atoms with E-state index in [1.807, 2.05) is 30.3 Å². The fourth-order valence-electron chi connectivity index (χ4n) is 3.17. The number of benzene rings is 3. The summed E-state index contributed by atoms with van der Waals surface area (Å²) in [7, 11) is 0. The van der Waals surface area contributed by atoms with Crippen LogP contribution in [0.25, 0.3) is 0 Å². The van der Waals surface area contributed by atoms with E-state index in [1.54, 1.807) is 6.07 Å². The van der Waals surface area contributed by atoms with Crippen LogP contribution < -0.4 is 5.32 Å². The van der Waals surface area contributed by atoms with Gasteiger partial charge in [-0.2, -0.15) is 0 Å². The Balaban J connectivity index is 1.84. The number of hydrogen-bond donors (Lipinski definition) is 3. The van der Waals surface area contributed by atoms with Gasteiger partial charge >= 0.3 is 5.69 Å². The van der Waals surface area contributed by atoms with Crippen LogP contribution in [0.2, 0.25) is 0 Å². The number of para-hydroxylation sites is 1. The van der Waals surface area contributed by atoms with Crippen molar-refractivity contribution >= 4 is 28.6 Å². The lowest BCUT2D eigenvalue weighted by atomic mass is 9.83. The number of nitrogens with zero attached hydrogens (tertiary/aromatic N) is 1. The minimum atomic E-state index is -1.05. The molecule has 0 unspecified atom stereocenters. The second-order valence-electron chi connectivity index (χ2n) is 6.18. The van der Waals surface area contributed by atoms with Gasteiger partial charge in [0.2, 0.25) is 5.75 Å². The highest BCUT2D eigenvalue weighted by Crippen LogP contribution is 2.44. The highest BCUT2D eigenvalue weighted by molar-refractivity contribution is 6.30. The summed E-state index contributed by atoms with van der Waals surface area (Å²) in [4.78, 5) is 35.8. The molecule has 0 fully saturated rings. The minimum Gasteiger partial charge on any atom is -0.504 e. The summed E-state index contributed by atoms with van der Waals surface area (Å²) in [5.41, 5.74) is -0.194. The number of ketones is 2. The lowest BCUT2D eigenvalue weighted by Gasteiger charge is -2.19. The van der Waals surface area contributed by atoms with Gasteiger partial charge in [-0.3, -0.25) is 19.7 Å². The fourth-order valence-corrected chi connectivity index (χ4v) is 3.17. The van der Waals surface area contributed by atoms with Crippen LogP contribution in [0.4, 0.5) is 17.1 Å². The first kappa shape index (κ1) is 17.2. The molecule has 3 aromatic rings. The van der Waals surface area contributed by atoms with Crippen molar-refractivity contribution in [1.29, 1.82) is 0 Å². The number of nitro benzene ring substituents is 1. The number of phenols is 2. The second-order valence-corrected chi connectivity index (χ2v) is 6.18. The molecule has 0 saturated heterocycles. The predicted molar refractivity (Wildman–Crippen MR) is 99.5 cm³/mol. The number of carbonyl (C=O) groups excluding carboxylic acids is 2. The molecule has 8 nitrogen and oxygen atoms in total. The molecule has 0 aliphatic heterocycles. The molecular weight excluding hydrogens is 364 g/mol. The highest BCUT2D eigenvalue weighted by Gasteiger charge is 2.37. The molecule has 0 spiro atoms. The summed E-state index contributed by atoms with van der Waals surface area (Å²) < 4.78 is 0. The van der Waals surface area contributed by atoms with Gasteiger partial charge < -0.3 is 15.5 Å². The Morgan fingerprint density at radius 2 is 1.50 bits per heavy atom. The number of nitro groups is 1. The van der Waals surface area contributed by atoms with Crippen molar-refractivity contribution in [3.05, 3.63) is 87.0 Å². The van der Waals surface area contributed by atoms with E-state index in [0.717, 1.165) is 11.8 Å². The van der Waals surface area contributed by atoms with Crippen molar-refractivity contribution in [1.82, 2.24) is 0 Å². The molecule has 8 heteroatoms. The molecule has 0 saturated carbocycles. The first-order valence-electron chi connectivity index (χ1n) is 8.17. The van der Waals surface area contributed by atoms with E-state index in [1.165, 1.54) is 12.1 Å². The average Bonchev–Trinajstić information content (AvgIpc) is 2.68. The molecule has 1 aliphatic rings. The number of hydrogen-bond acceptors (Lipinski definition) is 7. The van der Waals surface area contributed by atoms with Crippen LogP contribution in [-0.4, -0.2) is 26.7 Å². The van der Waals surface area contributed by atoms with Gasteiger partial charge in [0.05, 0.1) is 10.5 Å². The minimum absolute atomic E-state index is 0.0414. The molecule has 28 heavy (non-hydrogen) atoms. The monoisotopic (exact) mass is 376 g/mol. The van der Waals surface area contributed by atoms with Crippen LogP contribution in [0.1, 0.15) is 31.8 Å². The van der Waals surface area contributed by atoms with Crippen LogP contribution in [0.5, 0.6) is 11.5 Å². The molecule has 0 amide bonds. The van der Waals surface area contributed by atoms with Crippen LogP contribution in [0, 0.1) is 10.1 Å². The van der Waals surface area contributed by atoms with Gasteiger partial charge in [-0.25, -0.2) is 0 Å². The second kappa shape index (κ2) is 6.20. The van der Waals surface area contributed by atoms with Crippen LogP contribution in [0.15, 0.2) is 54.6 Å². The Hall–Kier alpha value is -4.20. The molecule has 0 bridgehead atoms. The van der Waals surface area contributed by atoms with Crippen molar-refractivity contribution in [2.24, 2.45) is 0 Å². The Kier molecular flexibility index (Phi) is 3.82. The standard InChI is InChI=1S/C20H12N2O6/c23-17-13-8-11(21-10-4-2-1-3-5-10)6-7-12(13)18(24)16-14(17)9-15(22(27)28)19(25)20(16)26/h1-9,21,25-26H. The molecule has 138 valence electrons. The van der Waals surface area contributed by atoms with Gasteiger partial charge in [-0.05, 0) is 30.3 Å². The molecule has 4 rings (SSSR count). The average molecular weight is 376 g/mol. The van der Waals surface area contributed by atoms with Gasteiger partial charge in [0.1, 0.15) is 0 Å². The SMILES string of the molecule is O=C1c2cc(Nc3ccccc3)ccc2C(=O)c2c1cc([N+](=O)[O-])c(O)c2O. The number of phenolic OH excluding ortho intramolecular Hbond substituents is 2. The van der Waals surface area contributed by atoms with Gasteiger partial charge in [0.15, 0.2) is 17.3 Å². The number of carbonyl (C=O) groups is 2. The molecule has 3 aromatic carbocycles. The largest absolute Gasteiger partial charge is 0.504 e. The van der Waals surface area contributed by atoms with E-state index in [4.69, 9.17) is 0 Å². The van der Waals surface area contributed by atoms with Crippen LogP contribution >= 0.6 is 0 Å². The van der Waals surface area contributed by atoms with Gasteiger partial charge in [-0.15, -0.1) is 0 Å². The third-order valence-electron chi connectivity index (χ3n) is 4.49. The van der Waals surface area contributed by atoms with Crippen molar-refractivity contribution in [3.8, 4) is 11.5 Å². The summed E-state index contributed by atoms with van der Waals surface area (Å²) in [5.74, 6) is -3.37. The molecule has 0 heterocycles. The Morgan fingerprint density at radius 3 is 2.18 bits per heavy atom. The Labute approximate surface area is 157 Å². The quantitative estimate of drug-likeness (QED) is 0.283. The summed E-state index contributed by atoms with van der Waals surface area (Å²) in [6.07, 6.45) is 0. The predicted octanol–water partition coefficient (Wildman–Crippen LogP) is 3.53. The molecular formula is C20H12N2O6. The van der Waals surface area contributed by atoms with E-state index >= 15 is 0 Å². The van der Waals surface area contributed by atoms with Crippen molar-refractivity contribution < 1.29 is 24.7 Å². The maximum absolute atomic E-state index is 12.9. The first-order chi connectivity index (χ1) is 13.4. The first-order valence-corrected chi connectivity index (χ1v) is 8.17. The Morgan fingerprint density at radius 1 is 0.786 bits per heavy atom. The molecule has 3 N–H and O–H groups in total. The topological polar surface area (TPSA) is 130 Å². The summed E-state index contributed by atoms with van der Waals surface area (Å²) in [6, 6.07) is 14.5. The highest BCUT2D eigenvalue weighted by atomic mass is 16.6. The normalized spacial score (nSPS) is 12.3. The lowest BCUT2D eigenvalue weighted by molar-refractivity contribution is -0.386. The summed E-state index contributed by atoms with van der Waals surface area (Å²) in [5, 5.41) is 34.1. The zero-order valence-corrected chi connectivity index (χ0v) is 14.2. The van der Waals surface area contributed by atoms with Crippen molar-refractivity contribution in [2.75, 3.05) is 5.32 Å². The summed E-state index contributed by atoms with van der Waals surface area (Å²) >= 11 is 0. The Bertz CT molecular complexity index is 1170. The van der Waals surface area contributed by atoms with Gasteiger partial charge in [0, 0.05) is 34.1 Å². The number of aromatic hydroxyl groups is 2. The zero-order chi connectivity index (χ0) is 20.0. The van der Waals surface area contributed by atoms with E-state index in [0.29, 0.717) is 5.69 Å². The van der Waals surface area contributed by atoms with E-state index in [2.05, 4.69) is 5.32 Å². The number of fused-ring (bicyclic) bond motifs is 2. The van der Waals surface area contributed by atoms with Crippen molar-refractivity contribution in [2.45, 2.75) is 0 Å². The molecule has 0 radical (unpaired) electrons. The van der Waals surface area contributed by atoms with E-state index in [-0.39, 0.29) is 16.7 Å². The zero-order valence-electron chi connectivity index (χ0n) is 14.2. The molecule has 0 aromatic heterocycles. The third kappa shape index (κ3) is 2.55. The maximum Gasteiger partial charge on any atom is 0.315 e. The van der Waals surface area contributed by atoms with E-state index in [9.17, 15) is 29.9 Å². The van der Waals surface area contributed by atoms with Gasteiger partial charge in [-0.1, -0.05) is 18.2 Å². The summed E-state index contributed by atoms with van der Waals surface area (Å²) in [6.45, 7) is 0. The number of rotatable bonds is 3.